The van der Waals surface area contributed by atoms with Crippen molar-refractivity contribution in [1.29, 1.82) is 0 Å². The topological polar surface area (TPSA) is 79.0 Å². The van der Waals surface area contributed by atoms with Crippen LogP contribution in [0.3, 0.4) is 0 Å². The second-order valence-corrected chi connectivity index (χ2v) is 11.4. The quantitative estimate of drug-likeness (QED) is 0.570. The molecule has 1 aromatic rings. The lowest BCUT2D eigenvalue weighted by Gasteiger charge is -2.47. The number of carbonyl (C=O) groups is 1. The Morgan fingerprint density at radius 1 is 1.12 bits per heavy atom. The summed E-state index contributed by atoms with van der Waals surface area (Å²) in [7, 11) is -1.65. The van der Waals surface area contributed by atoms with Crippen molar-refractivity contribution in [2.45, 2.75) is 57.4 Å². The summed E-state index contributed by atoms with van der Waals surface area (Å²) in [6.07, 6.45) is 7.28. The minimum absolute atomic E-state index is 0.146. The Labute approximate surface area is 197 Å². The summed E-state index contributed by atoms with van der Waals surface area (Å²) >= 11 is 6.04. The van der Waals surface area contributed by atoms with E-state index in [0.29, 0.717) is 55.5 Å². The molecule has 1 aromatic carbocycles. The number of hydrogen-bond acceptors (Lipinski definition) is 5. The van der Waals surface area contributed by atoms with Crippen molar-refractivity contribution in [2.75, 3.05) is 45.6 Å². The molecule has 180 valence electrons. The van der Waals surface area contributed by atoms with E-state index in [4.69, 9.17) is 16.3 Å². The van der Waals surface area contributed by atoms with Gasteiger partial charge in [0.05, 0.1) is 18.4 Å². The molecule has 3 rings (SSSR count). The first-order valence-electron chi connectivity index (χ1n) is 11.7. The summed E-state index contributed by atoms with van der Waals surface area (Å²) in [5.74, 6) is 0.489. The van der Waals surface area contributed by atoms with Gasteiger partial charge in [-0.3, -0.25) is 9.69 Å². The van der Waals surface area contributed by atoms with Gasteiger partial charge in [0.15, 0.2) is 0 Å². The Kier molecular flexibility index (Phi) is 8.83. The van der Waals surface area contributed by atoms with Gasteiger partial charge in [-0.05, 0) is 37.5 Å². The monoisotopic (exact) mass is 485 g/mol. The number of sulfonamides is 1. The predicted octanol–water partition coefficient (Wildman–Crippen LogP) is 3.53. The van der Waals surface area contributed by atoms with Crippen LogP contribution in [0.5, 0.6) is 5.75 Å². The maximum Gasteiger partial charge on any atom is 0.255 e. The number of halogens is 1. The third-order valence-electron chi connectivity index (χ3n) is 6.79. The van der Waals surface area contributed by atoms with Crippen LogP contribution in [0.2, 0.25) is 5.02 Å². The summed E-state index contributed by atoms with van der Waals surface area (Å²) in [6.45, 7) is 4.87. The number of piperazine rings is 1. The van der Waals surface area contributed by atoms with Gasteiger partial charge in [0.1, 0.15) is 5.75 Å². The maximum atomic E-state index is 13.0. The van der Waals surface area contributed by atoms with Crippen molar-refractivity contribution in [3.8, 4) is 5.75 Å². The Bertz CT molecular complexity index is 877. The number of nitrogens with zero attached hydrogens (tertiary/aromatic N) is 2. The number of carbonyl (C=O) groups excluding carboxylic acids is 1. The van der Waals surface area contributed by atoms with Gasteiger partial charge in [-0.25, -0.2) is 8.42 Å². The third-order valence-corrected chi connectivity index (χ3v) is 9.10. The Morgan fingerprint density at radius 3 is 2.38 bits per heavy atom. The Hall–Kier alpha value is -1.35. The van der Waals surface area contributed by atoms with Crippen molar-refractivity contribution in [3.05, 3.63) is 28.8 Å². The fourth-order valence-electron chi connectivity index (χ4n) is 5.01. The standard InChI is InChI=1S/C23H36ClN3O4S/c1-3-16-32(29,30)27-14-12-26(13-15-27)23(10-6-4-5-7-11-23)18-25-22(28)20-9-8-19(24)17-21(20)31-2/h8-9,17H,3-7,10-16,18H2,1-2H3,(H,25,28). The van der Waals surface area contributed by atoms with E-state index >= 15 is 0 Å². The normalized spacial score (nSPS) is 20.5. The highest BCUT2D eigenvalue weighted by molar-refractivity contribution is 7.89. The molecule has 0 radical (unpaired) electrons. The van der Waals surface area contributed by atoms with Crippen LogP contribution in [0.1, 0.15) is 62.2 Å². The van der Waals surface area contributed by atoms with Gasteiger partial charge < -0.3 is 10.1 Å². The number of hydrogen-bond donors (Lipinski definition) is 1. The van der Waals surface area contributed by atoms with Gasteiger partial charge in [0.25, 0.3) is 5.91 Å². The lowest BCUT2D eigenvalue weighted by atomic mass is 9.87. The SMILES string of the molecule is CCCS(=O)(=O)N1CCN(C2(CNC(=O)c3ccc(Cl)cc3OC)CCCCCC2)CC1. The first-order chi connectivity index (χ1) is 15.3. The molecule has 2 aliphatic rings. The molecule has 0 atom stereocenters. The molecule has 1 aliphatic carbocycles. The van der Waals surface area contributed by atoms with Gasteiger partial charge in [-0.2, -0.15) is 4.31 Å². The van der Waals surface area contributed by atoms with Crippen LogP contribution < -0.4 is 10.1 Å². The molecule has 1 aliphatic heterocycles. The molecule has 0 aromatic heterocycles. The molecule has 0 unspecified atom stereocenters. The molecule has 1 saturated carbocycles. The number of benzene rings is 1. The van der Waals surface area contributed by atoms with Gasteiger partial charge in [-0.15, -0.1) is 0 Å². The minimum atomic E-state index is -3.18. The summed E-state index contributed by atoms with van der Waals surface area (Å²) in [6, 6.07) is 5.03. The first-order valence-corrected chi connectivity index (χ1v) is 13.6. The van der Waals surface area contributed by atoms with Gasteiger partial charge >= 0.3 is 0 Å². The van der Waals surface area contributed by atoms with Crippen LogP contribution in [-0.2, 0) is 10.0 Å². The largest absolute Gasteiger partial charge is 0.496 e. The fourth-order valence-corrected chi connectivity index (χ4v) is 6.67. The summed E-state index contributed by atoms with van der Waals surface area (Å²) in [5.41, 5.74) is 0.322. The second-order valence-electron chi connectivity index (χ2n) is 8.87. The predicted molar refractivity (Wildman–Crippen MR) is 128 cm³/mol. The lowest BCUT2D eigenvalue weighted by Crippen LogP contribution is -2.61. The van der Waals surface area contributed by atoms with E-state index in [0.717, 1.165) is 25.7 Å². The molecule has 0 bridgehead atoms. The van der Waals surface area contributed by atoms with E-state index < -0.39 is 10.0 Å². The van der Waals surface area contributed by atoms with Crippen LogP contribution >= 0.6 is 11.6 Å². The highest BCUT2D eigenvalue weighted by Crippen LogP contribution is 2.34. The molecule has 7 nitrogen and oxygen atoms in total. The van der Waals surface area contributed by atoms with Crippen molar-refractivity contribution >= 4 is 27.5 Å². The Balaban J connectivity index is 1.72. The summed E-state index contributed by atoms with van der Waals surface area (Å²) in [5, 5.41) is 3.68. The number of nitrogens with one attached hydrogen (secondary N) is 1. The van der Waals surface area contributed by atoms with Gasteiger partial charge in [0.2, 0.25) is 10.0 Å². The molecule has 1 amide bonds. The van der Waals surface area contributed by atoms with E-state index in [1.807, 2.05) is 6.92 Å². The van der Waals surface area contributed by atoms with Crippen molar-refractivity contribution in [3.63, 3.8) is 0 Å². The highest BCUT2D eigenvalue weighted by atomic mass is 35.5. The second kappa shape index (κ2) is 11.2. The number of ether oxygens (including phenoxy) is 1. The molecule has 9 heteroatoms. The first kappa shape index (κ1) is 25.3. The van der Waals surface area contributed by atoms with Crippen LogP contribution in [0.25, 0.3) is 0 Å². The van der Waals surface area contributed by atoms with Crippen LogP contribution in [0, 0.1) is 0 Å². The molecule has 32 heavy (non-hydrogen) atoms. The highest BCUT2D eigenvalue weighted by Gasteiger charge is 2.40. The van der Waals surface area contributed by atoms with Crippen LogP contribution in [0.4, 0.5) is 0 Å². The van der Waals surface area contributed by atoms with E-state index in [2.05, 4.69) is 10.2 Å². The zero-order valence-electron chi connectivity index (χ0n) is 19.2. The van der Waals surface area contributed by atoms with Crippen molar-refractivity contribution < 1.29 is 17.9 Å². The van der Waals surface area contributed by atoms with E-state index in [1.54, 1.807) is 22.5 Å². The molecular formula is C23H36ClN3O4S. The number of rotatable bonds is 8. The Morgan fingerprint density at radius 2 is 1.78 bits per heavy atom. The number of amides is 1. The van der Waals surface area contributed by atoms with Crippen molar-refractivity contribution in [2.24, 2.45) is 0 Å². The molecule has 1 heterocycles. The minimum Gasteiger partial charge on any atom is -0.496 e. The molecule has 0 spiro atoms. The zero-order valence-corrected chi connectivity index (χ0v) is 20.8. The average molecular weight is 486 g/mol. The fraction of sp³-hybridized carbons (Fsp3) is 0.696. The van der Waals surface area contributed by atoms with Crippen LogP contribution in [0.15, 0.2) is 18.2 Å². The molecular weight excluding hydrogens is 450 g/mol. The smallest absolute Gasteiger partial charge is 0.255 e. The average Bonchev–Trinajstić information content (AvgIpc) is 3.04. The summed E-state index contributed by atoms with van der Waals surface area (Å²) in [4.78, 5) is 15.4. The van der Waals surface area contributed by atoms with E-state index in [1.165, 1.54) is 20.0 Å². The van der Waals surface area contributed by atoms with E-state index in [9.17, 15) is 13.2 Å². The molecule has 1 N–H and O–H groups in total. The molecule has 2 fully saturated rings. The maximum absolute atomic E-state index is 13.0. The lowest BCUT2D eigenvalue weighted by molar-refractivity contribution is 0.0391. The number of methoxy groups -OCH3 is 1. The molecule has 1 saturated heterocycles. The van der Waals surface area contributed by atoms with Crippen molar-refractivity contribution in [1.82, 2.24) is 14.5 Å². The summed E-state index contributed by atoms with van der Waals surface area (Å²) < 4.78 is 32.0. The van der Waals surface area contributed by atoms with E-state index in [-0.39, 0.29) is 17.2 Å². The van der Waals surface area contributed by atoms with Gasteiger partial charge in [0, 0.05) is 43.3 Å². The van der Waals surface area contributed by atoms with Gasteiger partial charge in [-0.1, -0.05) is 44.2 Å². The third kappa shape index (κ3) is 5.95. The van der Waals surface area contributed by atoms with Crippen LogP contribution in [-0.4, -0.2) is 74.7 Å². The zero-order chi connectivity index (χ0) is 23.2.